The Bertz CT molecular complexity index is 942. The highest BCUT2D eigenvalue weighted by Crippen LogP contribution is 2.28. The first-order valence-electron chi connectivity index (χ1n) is 6.99. The van der Waals surface area contributed by atoms with Crippen molar-refractivity contribution in [3.63, 3.8) is 0 Å². The first kappa shape index (κ1) is 16.9. The van der Waals surface area contributed by atoms with Crippen LogP contribution in [0.2, 0.25) is 5.02 Å². The number of aromatic amines is 1. The Labute approximate surface area is 145 Å². The third kappa shape index (κ3) is 3.78. The molecule has 0 atom stereocenters. The fourth-order valence-electron chi connectivity index (χ4n) is 2.33. The number of benzene rings is 1. The average molecular weight is 364 g/mol. The van der Waals surface area contributed by atoms with Gasteiger partial charge in [-0.1, -0.05) is 17.7 Å². The number of alkyl halides is 3. The molecule has 3 rings (SSSR count). The number of hydrogen-bond acceptors (Lipinski definition) is 4. The van der Waals surface area contributed by atoms with Gasteiger partial charge in [-0.15, -0.1) is 5.10 Å². The lowest BCUT2D eigenvalue weighted by molar-refractivity contribution is -0.141. The van der Waals surface area contributed by atoms with E-state index in [1.165, 1.54) is 12.3 Å². The molecule has 5 nitrogen and oxygen atoms in total. The number of H-pyrrole nitrogens is 1. The van der Waals surface area contributed by atoms with Crippen LogP contribution in [0.25, 0.3) is 11.3 Å². The minimum Gasteiger partial charge on any atom is -0.251 e. The lowest BCUT2D eigenvalue weighted by atomic mass is 10.0. The number of nitrogens with zero attached hydrogens (tertiary/aromatic N) is 4. The van der Waals surface area contributed by atoms with Crippen molar-refractivity contribution in [3.05, 3.63) is 64.1 Å². The number of rotatable bonds is 3. The normalized spacial score (nSPS) is 11.3. The molecule has 0 fully saturated rings. The van der Waals surface area contributed by atoms with Crippen LogP contribution in [0.5, 0.6) is 0 Å². The fourth-order valence-corrected chi connectivity index (χ4v) is 2.59. The smallest absolute Gasteiger partial charge is 0.251 e. The van der Waals surface area contributed by atoms with Crippen LogP contribution in [-0.4, -0.2) is 20.4 Å². The Hall–Kier alpha value is -2.92. The second-order valence-corrected chi connectivity index (χ2v) is 5.64. The summed E-state index contributed by atoms with van der Waals surface area (Å²) in [5.74, 6) is 0. The molecule has 1 aromatic carbocycles. The van der Waals surface area contributed by atoms with E-state index in [9.17, 15) is 13.2 Å². The standard InChI is InChI=1S/C16H9ClF3N5/c17-12-5-10(3-9-1-2-14(22-8-9)16(18,19)20)4-11(6-12)15-13(7-21)23-25-24-15/h1-2,4-6,8H,3H2,(H,23,24,25). The minimum absolute atomic E-state index is 0.129. The summed E-state index contributed by atoms with van der Waals surface area (Å²) in [6, 6.07) is 9.30. The van der Waals surface area contributed by atoms with E-state index in [1.54, 1.807) is 18.2 Å². The van der Waals surface area contributed by atoms with Gasteiger partial charge in [0.05, 0.1) is 0 Å². The lowest BCUT2D eigenvalue weighted by Gasteiger charge is -2.08. The zero-order chi connectivity index (χ0) is 18.0. The molecule has 25 heavy (non-hydrogen) atoms. The molecule has 126 valence electrons. The number of aromatic nitrogens is 4. The second kappa shape index (κ2) is 6.53. The van der Waals surface area contributed by atoms with Crippen LogP contribution in [0.3, 0.4) is 0 Å². The van der Waals surface area contributed by atoms with Gasteiger partial charge in [0.2, 0.25) is 0 Å². The quantitative estimate of drug-likeness (QED) is 0.762. The molecule has 0 bridgehead atoms. The zero-order valence-electron chi connectivity index (χ0n) is 12.5. The van der Waals surface area contributed by atoms with Crippen molar-refractivity contribution in [1.82, 2.24) is 20.4 Å². The van der Waals surface area contributed by atoms with Crippen molar-refractivity contribution in [2.45, 2.75) is 12.6 Å². The second-order valence-electron chi connectivity index (χ2n) is 5.21. The Kier molecular flexibility index (Phi) is 4.42. The van der Waals surface area contributed by atoms with E-state index in [4.69, 9.17) is 16.9 Å². The summed E-state index contributed by atoms with van der Waals surface area (Å²) >= 11 is 6.11. The number of nitriles is 1. The first-order chi connectivity index (χ1) is 11.9. The minimum atomic E-state index is -4.47. The van der Waals surface area contributed by atoms with Gasteiger partial charge in [-0.3, -0.25) is 4.98 Å². The van der Waals surface area contributed by atoms with E-state index in [0.29, 0.717) is 28.3 Å². The van der Waals surface area contributed by atoms with Gasteiger partial charge < -0.3 is 0 Å². The van der Waals surface area contributed by atoms with E-state index in [-0.39, 0.29) is 5.69 Å². The third-order valence-corrected chi connectivity index (χ3v) is 3.63. The van der Waals surface area contributed by atoms with Gasteiger partial charge in [-0.25, -0.2) is 0 Å². The van der Waals surface area contributed by atoms with Crippen molar-refractivity contribution >= 4 is 11.6 Å². The van der Waals surface area contributed by atoms with Crippen LogP contribution in [0.4, 0.5) is 13.2 Å². The Balaban J connectivity index is 1.90. The number of nitrogens with one attached hydrogen (secondary N) is 1. The van der Waals surface area contributed by atoms with Crippen LogP contribution in [-0.2, 0) is 12.6 Å². The molecule has 0 saturated carbocycles. The Morgan fingerprint density at radius 3 is 2.56 bits per heavy atom. The van der Waals surface area contributed by atoms with Crippen molar-refractivity contribution in [2.24, 2.45) is 0 Å². The maximum Gasteiger partial charge on any atom is 0.433 e. The number of pyridine rings is 1. The molecule has 0 amide bonds. The highest BCUT2D eigenvalue weighted by atomic mass is 35.5. The highest BCUT2D eigenvalue weighted by Gasteiger charge is 2.31. The third-order valence-electron chi connectivity index (χ3n) is 3.41. The molecule has 2 heterocycles. The zero-order valence-corrected chi connectivity index (χ0v) is 13.2. The number of hydrogen-bond donors (Lipinski definition) is 1. The maximum atomic E-state index is 12.6. The predicted octanol–water partition coefficient (Wildman–Crippen LogP) is 4.00. The van der Waals surface area contributed by atoms with Crippen molar-refractivity contribution < 1.29 is 13.2 Å². The molecular formula is C16H9ClF3N5. The maximum absolute atomic E-state index is 12.6. The van der Waals surface area contributed by atoms with Gasteiger partial charge in [-0.2, -0.15) is 28.7 Å². The summed E-state index contributed by atoms with van der Waals surface area (Å²) in [7, 11) is 0. The fraction of sp³-hybridized carbons (Fsp3) is 0.125. The molecule has 0 radical (unpaired) electrons. The molecule has 0 aliphatic heterocycles. The summed E-state index contributed by atoms with van der Waals surface area (Å²) in [6.45, 7) is 0. The molecule has 0 aliphatic rings. The molecule has 0 saturated heterocycles. The van der Waals surface area contributed by atoms with E-state index < -0.39 is 11.9 Å². The summed E-state index contributed by atoms with van der Waals surface area (Å²) in [5, 5.41) is 19.5. The van der Waals surface area contributed by atoms with Crippen LogP contribution in [0, 0.1) is 11.3 Å². The van der Waals surface area contributed by atoms with E-state index in [2.05, 4.69) is 20.4 Å². The van der Waals surface area contributed by atoms with Crippen molar-refractivity contribution in [1.29, 1.82) is 5.26 Å². The Morgan fingerprint density at radius 2 is 1.92 bits per heavy atom. The molecule has 1 N–H and O–H groups in total. The van der Waals surface area contributed by atoms with Gasteiger partial charge in [0.25, 0.3) is 0 Å². The Morgan fingerprint density at radius 1 is 1.12 bits per heavy atom. The largest absolute Gasteiger partial charge is 0.433 e. The van der Waals surface area contributed by atoms with Gasteiger partial charge in [0.1, 0.15) is 17.5 Å². The summed E-state index contributed by atoms with van der Waals surface area (Å²) in [5.41, 5.74) is 1.48. The number of halogens is 4. The molecule has 0 spiro atoms. The molecule has 2 aromatic heterocycles. The summed E-state index contributed by atoms with van der Waals surface area (Å²) < 4.78 is 37.7. The molecule has 0 aliphatic carbocycles. The molecule has 3 aromatic rings. The van der Waals surface area contributed by atoms with E-state index >= 15 is 0 Å². The van der Waals surface area contributed by atoms with Crippen molar-refractivity contribution in [3.8, 4) is 17.3 Å². The monoisotopic (exact) mass is 363 g/mol. The van der Waals surface area contributed by atoms with E-state index in [1.807, 2.05) is 6.07 Å². The first-order valence-corrected chi connectivity index (χ1v) is 7.37. The van der Waals surface area contributed by atoms with Crippen LogP contribution < -0.4 is 0 Å². The molecule has 9 heteroatoms. The van der Waals surface area contributed by atoms with Crippen LogP contribution in [0.1, 0.15) is 22.5 Å². The topological polar surface area (TPSA) is 78.2 Å². The van der Waals surface area contributed by atoms with Crippen molar-refractivity contribution in [2.75, 3.05) is 0 Å². The predicted molar refractivity (Wildman–Crippen MR) is 83.6 cm³/mol. The van der Waals surface area contributed by atoms with Gasteiger partial charge in [0.15, 0.2) is 5.69 Å². The average Bonchev–Trinajstić information content (AvgIpc) is 3.02. The summed E-state index contributed by atoms with van der Waals surface area (Å²) in [6.07, 6.45) is -2.96. The highest BCUT2D eigenvalue weighted by molar-refractivity contribution is 6.31. The SMILES string of the molecule is N#Cc1n[nH]nc1-c1cc(Cl)cc(Cc2ccc(C(F)(F)F)nc2)c1. The van der Waals surface area contributed by atoms with Gasteiger partial charge in [0, 0.05) is 16.8 Å². The van der Waals surface area contributed by atoms with Crippen LogP contribution >= 0.6 is 11.6 Å². The van der Waals surface area contributed by atoms with Gasteiger partial charge >= 0.3 is 6.18 Å². The lowest BCUT2D eigenvalue weighted by Crippen LogP contribution is -2.07. The van der Waals surface area contributed by atoms with Crippen LogP contribution in [0.15, 0.2) is 36.5 Å². The van der Waals surface area contributed by atoms with Gasteiger partial charge in [-0.05, 0) is 41.8 Å². The summed E-state index contributed by atoms with van der Waals surface area (Å²) in [4.78, 5) is 3.44. The molecular weight excluding hydrogens is 355 g/mol. The molecule has 0 unspecified atom stereocenters. The van der Waals surface area contributed by atoms with E-state index in [0.717, 1.165) is 11.6 Å².